The first-order chi connectivity index (χ1) is 10.0. The monoisotopic (exact) mass is 291 g/mol. The molecule has 112 valence electrons. The Labute approximate surface area is 123 Å². The quantitative estimate of drug-likeness (QED) is 0.920. The normalized spacial score (nSPS) is 10.9. The molecule has 0 fully saturated rings. The Morgan fingerprint density at radius 2 is 1.76 bits per heavy atom. The summed E-state index contributed by atoms with van der Waals surface area (Å²) < 4.78 is 26.6. The van der Waals surface area contributed by atoms with Crippen molar-refractivity contribution in [2.75, 3.05) is 13.6 Å². The fourth-order valence-electron chi connectivity index (χ4n) is 2.34. The average molecular weight is 291 g/mol. The maximum absolute atomic E-state index is 13.7. The summed E-state index contributed by atoms with van der Waals surface area (Å²) >= 11 is 0. The number of halogens is 2. The van der Waals surface area contributed by atoms with Crippen molar-refractivity contribution in [1.82, 2.24) is 15.3 Å². The third kappa shape index (κ3) is 3.82. The van der Waals surface area contributed by atoms with Crippen LogP contribution in [0.25, 0.3) is 0 Å². The first kappa shape index (κ1) is 15.5. The Hall–Kier alpha value is -1.88. The van der Waals surface area contributed by atoms with Crippen LogP contribution in [0.4, 0.5) is 8.78 Å². The van der Waals surface area contributed by atoms with Crippen LogP contribution in [-0.4, -0.2) is 23.6 Å². The van der Waals surface area contributed by atoms with Crippen LogP contribution in [0.3, 0.4) is 0 Å². The molecule has 1 aromatic heterocycles. The molecule has 0 saturated heterocycles. The van der Waals surface area contributed by atoms with Crippen molar-refractivity contribution in [2.24, 2.45) is 0 Å². The number of nitrogens with one attached hydrogen (secondary N) is 1. The van der Waals surface area contributed by atoms with Crippen LogP contribution in [0.1, 0.15) is 28.3 Å². The maximum atomic E-state index is 13.7. The molecule has 1 N–H and O–H groups in total. The van der Waals surface area contributed by atoms with E-state index in [0.717, 1.165) is 36.0 Å². The first-order valence-electron chi connectivity index (χ1n) is 6.92. The van der Waals surface area contributed by atoms with Gasteiger partial charge in [0.15, 0.2) is 0 Å². The summed E-state index contributed by atoms with van der Waals surface area (Å²) in [6.07, 6.45) is 1.12. The molecular formula is C16H19F2N3. The van der Waals surface area contributed by atoms with Gasteiger partial charge in [-0.1, -0.05) is 6.07 Å². The molecular weight excluding hydrogens is 272 g/mol. The summed E-state index contributed by atoms with van der Waals surface area (Å²) in [4.78, 5) is 8.89. The molecule has 3 nitrogen and oxygen atoms in total. The van der Waals surface area contributed by atoms with Gasteiger partial charge in [0.1, 0.15) is 17.5 Å². The number of nitrogens with zero attached hydrogens (tertiary/aromatic N) is 2. The van der Waals surface area contributed by atoms with Gasteiger partial charge in [0.2, 0.25) is 0 Å². The molecule has 0 spiro atoms. The molecule has 0 aliphatic heterocycles. The fourth-order valence-corrected chi connectivity index (χ4v) is 2.34. The summed E-state index contributed by atoms with van der Waals surface area (Å²) in [5.41, 5.74) is 3.34. The van der Waals surface area contributed by atoms with Crippen LogP contribution in [0.15, 0.2) is 18.2 Å². The second-order valence-corrected chi connectivity index (χ2v) is 5.06. The van der Waals surface area contributed by atoms with Crippen molar-refractivity contribution in [3.8, 4) is 0 Å². The molecule has 0 radical (unpaired) electrons. The van der Waals surface area contributed by atoms with Crippen LogP contribution in [0.5, 0.6) is 0 Å². The van der Waals surface area contributed by atoms with Gasteiger partial charge in [0.25, 0.3) is 0 Å². The summed E-state index contributed by atoms with van der Waals surface area (Å²) in [6.45, 7) is 4.73. The van der Waals surface area contributed by atoms with Gasteiger partial charge >= 0.3 is 0 Å². The van der Waals surface area contributed by atoms with E-state index in [9.17, 15) is 8.78 Å². The highest BCUT2D eigenvalue weighted by molar-refractivity contribution is 5.27. The molecule has 0 atom stereocenters. The molecule has 0 unspecified atom stereocenters. The summed E-state index contributed by atoms with van der Waals surface area (Å²) in [5.74, 6) is -0.580. The Balaban J connectivity index is 2.25. The summed E-state index contributed by atoms with van der Waals surface area (Å²) in [5, 5.41) is 3.10. The minimum absolute atomic E-state index is 0.264. The van der Waals surface area contributed by atoms with Crippen molar-refractivity contribution in [1.29, 1.82) is 0 Å². The zero-order valence-corrected chi connectivity index (χ0v) is 12.5. The maximum Gasteiger partial charge on any atom is 0.133 e. The largest absolute Gasteiger partial charge is 0.319 e. The number of likely N-dealkylation sites (N-methyl/N-ethyl adjacent to an activating group) is 1. The van der Waals surface area contributed by atoms with E-state index >= 15 is 0 Å². The molecule has 0 aliphatic carbocycles. The lowest BCUT2D eigenvalue weighted by Gasteiger charge is -2.11. The Bertz CT molecular complexity index is 618. The van der Waals surface area contributed by atoms with E-state index in [-0.39, 0.29) is 6.42 Å². The lowest BCUT2D eigenvalue weighted by atomic mass is 10.1. The van der Waals surface area contributed by atoms with Gasteiger partial charge in [-0.2, -0.15) is 0 Å². The van der Waals surface area contributed by atoms with Crippen LogP contribution in [0.2, 0.25) is 0 Å². The SMILES string of the molecule is CNCCc1c(C)nc(Cc2ccc(F)cc2F)nc1C. The van der Waals surface area contributed by atoms with Gasteiger partial charge in [-0.15, -0.1) is 0 Å². The highest BCUT2D eigenvalue weighted by atomic mass is 19.1. The molecule has 5 heteroatoms. The van der Waals surface area contributed by atoms with Gasteiger partial charge in [-0.25, -0.2) is 18.7 Å². The van der Waals surface area contributed by atoms with Gasteiger partial charge in [-0.3, -0.25) is 0 Å². The van der Waals surface area contributed by atoms with E-state index in [0.29, 0.717) is 11.4 Å². The highest BCUT2D eigenvalue weighted by Gasteiger charge is 2.11. The zero-order valence-electron chi connectivity index (χ0n) is 12.5. The minimum Gasteiger partial charge on any atom is -0.319 e. The third-order valence-electron chi connectivity index (χ3n) is 3.46. The molecule has 2 rings (SSSR count). The van der Waals surface area contributed by atoms with Crippen LogP contribution >= 0.6 is 0 Å². The van der Waals surface area contributed by atoms with E-state index in [2.05, 4.69) is 15.3 Å². The number of aryl methyl sites for hydroxylation is 2. The molecule has 0 bridgehead atoms. The lowest BCUT2D eigenvalue weighted by molar-refractivity contribution is 0.573. The van der Waals surface area contributed by atoms with Crippen LogP contribution < -0.4 is 5.32 Å². The Morgan fingerprint density at radius 1 is 1.10 bits per heavy atom. The second kappa shape index (κ2) is 6.72. The number of aromatic nitrogens is 2. The molecule has 2 aromatic rings. The van der Waals surface area contributed by atoms with Gasteiger partial charge < -0.3 is 5.32 Å². The average Bonchev–Trinajstić information content (AvgIpc) is 2.41. The molecule has 1 heterocycles. The van der Waals surface area contributed by atoms with E-state index in [1.165, 1.54) is 12.1 Å². The predicted molar refractivity (Wildman–Crippen MR) is 78.3 cm³/mol. The predicted octanol–water partition coefficient (Wildman–Crippen LogP) is 2.72. The van der Waals surface area contributed by atoms with Gasteiger partial charge in [0.05, 0.1) is 0 Å². The van der Waals surface area contributed by atoms with Crippen molar-refractivity contribution in [3.05, 3.63) is 58.2 Å². The van der Waals surface area contributed by atoms with Crippen molar-refractivity contribution >= 4 is 0 Å². The van der Waals surface area contributed by atoms with Crippen molar-refractivity contribution in [3.63, 3.8) is 0 Å². The fraction of sp³-hybridized carbons (Fsp3) is 0.375. The standard InChI is InChI=1S/C16H19F2N3/c1-10-14(6-7-19-3)11(2)21-16(20-10)8-12-4-5-13(17)9-15(12)18/h4-5,9,19H,6-8H2,1-3H3. The van der Waals surface area contributed by atoms with E-state index in [4.69, 9.17) is 0 Å². The van der Waals surface area contributed by atoms with Crippen LogP contribution in [0, 0.1) is 25.5 Å². The van der Waals surface area contributed by atoms with Crippen molar-refractivity contribution in [2.45, 2.75) is 26.7 Å². The Morgan fingerprint density at radius 3 is 2.33 bits per heavy atom. The molecule has 0 amide bonds. The van der Waals surface area contributed by atoms with Crippen LogP contribution in [-0.2, 0) is 12.8 Å². The summed E-state index contributed by atoms with van der Waals surface area (Å²) in [6, 6.07) is 3.57. The smallest absolute Gasteiger partial charge is 0.133 e. The minimum atomic E-state index is -0.577. The van der Waals surface area contributed by atoms with Crippen molar-refractivity contribution < 1.29 is 8.78 Å². The number of hydrogen-bond acceptors (Lipinski definition) is 3. The Kier molecular flexibility index (Phi) is 4.96. The topological polar surface area (TPSA) is 37.8 Å². The lowest BCUT2D eigenvalue weighted by Crippen LogP contribution is -2.14. The number of rotatable bonds is 5. The van der Waals surface area contributed by atoms with Gasteiger partial charge in [-0.05, 0) is 51.1 Å². The third-order valence-corrected chi connectivity index (χ3v) is 3.46. The molecule has 21 heavy (non-hydrogen) atoms. The molecule has 1 aromatic carbocycles. The summed E-state index contributed by atoms with van der Waals surface area (Å²) in [7, 11) is 1.90. The van der Waals surface area contributed by atoms with Gasteiger partial charge in [0, 0.05) is 23.9 Å². The number of benzene rings is 1. The molecule has 0 aliphatic rings. The van der Waals surface area contributed by atoms with E-state index in [1.54, 1.807) is 0 Å². The zero-order chi connectivity index (χ0) is 15.4. The first-order valence-corrected chi connectivity index (χ1v) is 6.92. The van der Waals surface area contributed by atoms with E-state index in [1.807, 2.05) is 20.9 Å². The number of hydrogen-bond donors (Lipinski definition) is 1. The second-order valence-electron chi connectivity index (χ2n) is 5.06. The molecule has 0 saturated carbocycles. The highest BCUT2D eigenvalue weighted by Crippen LogP contribution is 2.16. The van der Waals surface area contributed by atoms with E-state index < -0.39 is 11.6 Å².